The van der Waals surface area contributed by atoms with Gasteiger partial charge in [0.25, 0.3) is 0 Å². The fourth-order valence-corrected chi connectivity index (χ4v) is 7.77. The van der Waals surface area contributed by atoms with Crippen LogP contribution >= 0.6 is 0 Å². The molecule has 360 valence electrons. The lowest BCUT2D eigenvalue weighted by atomic mass is 9.96. The number of Topliss-reactive ketones (excluding diaryl/α,β-unsaturated/α-hetero) is 1. The van der Waals surface area contributed by atoms with E-state index in [1.54, 1.807) is 0 Å². The van der Waals surface area contributed by atoms with Gasteiger partial charge in [0.2, 0.25) is 0 Å². The van der Waals surface area contributed by atoms with Crippen LogP contribution in [0.3, 0.4) is 0 Å². The molecule has 0 aromatic rings. The summed E-state index contributed by atoms with van der Waals surface area (Å²) in [6.45, 7) is 3.53. The van der Waals surface area contributed by atoms with Crippen molar-refractivity contribution < 1.29 is 88.6 Å². The van der Waals surface area contributed by atoms with Crippen LogP contribution in [0.4, 0.5) is 0 Å². The van der Waals surface area contributed by atoms with Crippen molar-refractivity contribution in [3.63, 3.8) is 0 Å². The van der Waals surface area contributed by atoms with Gasteiger partial charge in [0.05, 0.1) is 32.5 Å². The zero-order valence-electron chi connectivity index (χ0n) is 36.5. The third-order valence-electron chi connectivity index (χ3n) is 11.7. The minimum Gasteiger partial charge on any atom is -0.394 e. The minimum absolute atomic E-state index is 0.0152. The first-order valence-corrected chi connectivity index (χ1v) is 23.0. The van der Waals surface area contributed by atoms with Crippen molar-refractivity contribution in [1.29, 1.82) is 0 Å². The number of unbranched alkanes of at least 4 members (excludes halogenated alkanes) is 15. The van der Waals surface area contributed by atoms with Gasteiger partial charge in [-0.2, -0.15) is 0 Å². The van der Waals surface area contributed by atoms with Crippen molar-refractivity contribution in [2.24, 2.45) is 0 Å². The second-order valence-corrected chi connectivity index (χ2v) is 16.8. The number of ketones is 1. The lowest BCUT2D eigenvalue weighted by Crippen LogP contribution is -2.67. The van der Waals surface area contributed by atoms with Crippen LogP contribution < -0.4 is 0 Å². The Kier molecular flexibility index (Phi) is 27.6. The summed E-state index contributed by atoms with van der Waals surface area (Å²) in [7, 11) is 0. The summed E-state index contributed by atoms with van der Waals surface area (Å²) in [5, 5.41) is 93.5. The van der Waals surface area contributed by atoms with Crippen molar-refractivity contribution in [1.82, 2.24) is 0 Å². The first-order valence-electron chi connectivity index (χ1n) is 23.0. The van der Waals surface area contributed by atoms with Crippen LogP contribution in [-0.4, -0.2) is 190 Å². The number of carbonyl (C=O) groups is 1. The second-order valence-electron chi connectivity index (χ2n) is 16.8. The average molecular weight is 885 g/mol. The van der Waals surface area contributed by atoms with E-state index >= 15 is 0 Å². The van der Waals surface area contributed by atoms with E-state index in [4.69, 9.17) is 37.9 Å². The van der Waals surface area contributed by atoms with Crippen LogP contribution in [0, 0.1) is 0 Å². The molecular weight excluding hydrogens is 804 g/mol. The highest BCUT2D eigenvalue weighted by Gasteiger charge is 2.54. The van der Waals surface area contributed by atoms with E-state index in [1.165, 1.54) is 90.4 Å². The molecule has 3 aliphatic rings. The maximum atomic E-state index is 12.5. The molecule has 0 aromatic carbocycles. The van der Waals surface area contributed by atoms with E-state index in [1.807, 2.05) is 0 Å². The molecule has 0 spiro atoms. The van der Waals surface area contributed by atoms with E-state index in [-0.39, 0.29) is 25.4 Å². The third-order valence-corrected chi connectivity index (χ3v) is 11.7. The molecule has 18 nitrogen and oxygen atoms in total. The fraction of sp³-hybridized carbons (Fsp3) is 0.977. The molecule has 3 heterocycles. The Morgan fingerprint density at radius 1 is 0.475 bits per heavy atom. The average Bonchev–Trinajstić information content (AvgIpc) is 3.25. The molecule has 61 heavy (non-hydrogen) atoms. The van der Waals surface area contributed by atoms with Gasteiger partial charge in [0, 0.05) is 19.6 Å². The molecule has 6 unspecified atom stereocenters. The molecule has 9 N–H and O–H groups in total. The first-order chi connectivity index (χ1) is 29.4. The molecule has 0 amide bonds. The molecule has 0 radical (unpaired) electrons. The third kappa shape index (κ3) is 18.8. The van der Waals surface area contributed by atoms with Gasteiger partial charge in [-0.15, -0.1) is 0 Å². The van der Waals surface area contributed by atoms with Crippen LogP contribution in [0.25, 0.3) is 0 Å². The lowest BCUT2D eigenvalue weighted by molar-refractivity contribution is -0.390. The van der Waals surface area contributed by atoms with Gasteiger partial charge in [0.1, 0.15) is 73.8 Å². The van der Waals surface area contributed by atoms with Crippen molar-refractivity contribution in [2.45, 2.75) is 222 Å². The molecular formula is C43H80O18. The number of hydrogen-bond donors (Lipinski definition) is 9. The van der Waals surface area contributed by atoms with Crippen molar-refractivity contribution in [2.75, 3.05) is 46.2 Å². The summed E-state index contributed by atoms with van der Waals surface area (Å²) >= 11 is 0. The molecule has 0 bridgehead atoms. The molecule has 0 aromatic heterocycles. The summed E-state index contributed by atoms with van der Waals surface area (Å²) in [4.78, 5) is 12.5. The normalized spacial score (nSPS) is 34.5. The van der Waals surface area contributed by atoms with E-state index in [9.17, 15) is 50.8 Å². The summed E-state index contributed by atoms with van der Waals surface area (Å²) in [5.41, 5.74) is 0. The summed E-state index contributed by atoms with van der Waals surface area (Å²) in [6, 6.07) is 0. The SMILES string of the molecule is CCCCCCCCCCCCCCCCCOCCOCC(=O)CCCCO[C@@H]1OC(CO)[C@H](O)[C@H](O[C@H]2OC(CO)[C@H](O)[C@H](O)C2O)C1O[C@@H]1OC(C)[C@@H](O)[C@H](O)C1O. The maximum Gasteiger partial charge on any atom is 0.187 e. The van der Waals surface area contributed by atoms with Gasteiger partial charge in [-0.25, -0.2) is 0 Å². The number of aliphatic hydroxyl groups is 9. The minimum atomic E-state index is -1.87. The molecule has 3 saturated heterocycles. The largest absolute Gasteiger partial charge is 0.394 e. The Morgan fingerprint density at radius 2 is 0.951 bits per heavy atom. The van der Waals surface area contributed by atoms with Crippen LogP contribution in [0.15, 0.2) is 0 Å². The van der Waals surface area contributed by atoms with Crippen LogP contribution in [-0.2, 0) is 42.7 Å². The Morgan fingerprint density at radius 3 is 1.54 bits per heavy atom. The highest BCUT2D eigenvalue weighted by molar-refractivity contribution is 5.79. The molecule has 3 fully saturated rings. The molecule has 0 saturated carbocycles. The quantitative estimate of drug-likeness (QED) is 0.0418. The van der Waals surface area contributed by atoms with Crippen molar-refractivity contribution in [3.05, 3.63) is 0 Å². The van der Waals surface area contributed by atoms with Gasteiger partial charge >= 0.3 is 0 Å². The Bertz CT molecular complexity index is 1120. The Hall–Kier alpha value is -1.01. The Labute approximate surface area is 361 Å². The zero-order valence-corrected chi connectivity index (χ0v) is 36.5. The number of rotatable bonds is 33. The van der Waals surface area contributed by atoms with E-state index in [2.05, 4.69) is 6.92 Å². The van der Waals surface area contributed by atoms with Gasteiger partial charge in [-0.05, 0) is 26.2 Å². The fourth-order valence-electron chi connectivity index (χ4n) is 7.77. The first kappa shape index (κ1) is 54.3. The van der Waals surface area contributed by atoms with Gasteiger partial charge in [-0.3, -0.25) is 4.79 Å². The highest BCUT2D eigenvalue weighted by Crippen LogP contribution is 2.34. The van der Waals surface area contributed by atoms with Crippen LogP contribution in [0.1, 0.15) is 129 Å². The number of aliphatic hydroxyl groups excluding tert-OH is 9. The van der Waals surface area contributed by atoms with Gasteiger partial charge < -0.3 is 83.9 Å². The van der Waals surface area contributed by atoms with Crippen molar-refractivity contribution in [3.8, 4) is 0 Å². The topological polar surface area (TPSA) is 273 Å². The smallest absolute Gasteiger partial charge is 0.187 e. The molecule has 3 rings (SSSR count). The van der Waals surface area contributed by atoms with E-state index < -0.39 is 105 Å². The summed E-state index contributed by atoms with van der Waals surface area (Å²) in [5.74, 6) is -0.104. The van der Waals surface area contributed by atoms with Gasteiger partial charge in [-0.1, -0.05) is 96.8 Å². The molecule has 3 aliphatic heterocycles. The second kappa shape index (κ2) is 31.0. The Balaban J connectivity index is 1.35. The predicted octanol–water partition coefficient (Wildman–Crippen LogP) is 1.12. The molecule has 15 atom stereocenters. The van der Waals surface area contributed by atoms with E-state index in [0.717, 1.165) is 12.8 Å². The standard InChI is InChI=1S/C43H80O18/c1-3-4-5-6-7-8-9-10-11-12-13-14-15-16-18-21-54-23-24-55-27-29(46)20-17-19-22-56-43-40(61-41-37(52)35(50)32(47)28(2)57-41)39(34(49)31(26-45)59-43)60-42-38(53)36(51)33(48)30(25-44)58-42/h28,30-45,47-53H,3-27H2,1-2H3/t28?,30?,31?,32-,33+,34+,35+,36+,37?,38?,39+,40?,41+,42-,43-/m1/s1. The van der Waals surface area contributed by atoms with Crippen LogP contribution in [0.5, 0.6) is 0 Å². The molecule has 18 heteroatoms. The summed E-state index contributed by atoms with van der Waals surface area (Å²) in [6.07, 6.45) is -3.06. The van der Waals surface area contributed by atoms with Crippen LogP contribution in [0.2, 0.25) is 0 Å². The number of hydrogen-bond acceptors (Lipinski definition) is 18. The van der Waals surface area contributed by atoms with E-state index in [0.29, 0.717) is 32.7 Å². The zero-order chi connectivity index (χ0) is 44.6. The monoisotopic (exact) mass is 885 g/mol. The number of ether oxygens (including phenoxy) is 8. The van der Waals surface area contributed by atoms with Gasteiger partial charge in [0.15, 0.2) is 24.7 Å². The highest BCUT2D eigenvalue weighted by atomic mass is 16.8. The predicted molar refractivity (Wildman–Crippen MR) is 219 cm³/mol. The lowest BCUT2D eigenvalue weighted by Gasteiger charge is -2.48. The number of carbonyl (C=O) groups excluding carboxylic acids is 1. The maximum absolute atomic E-state index is 12.5. The molecule has 0 aliphatic carbocycles. The van der Waals surface area contributed by atoms with Crippen molar-refractivity contribution >= 4 is 5.78 Å². The summed E-state index contributed by atoms with van der Waals surface area (Å²) < 4.78 is 45.9.